The van der Waals surface area contributed by atoms with Crippen LogP contribution in [0.25, 0.3) is 0 Å². The second-order valence-corrected chi connectivity index (χ2v) is 5.27. The zero-order valence-corrected chi connectivity index (χ0v) is 12.8. The topological polar surface area (TPSA) is 71.5 Å². The highest BCUT2D eigenvalue weighted by Gasteiger charge is 2.21. The first-order valence-electron chi connectivity index (χ1n) is 7.35. The van der Waals surface area contributed by atoms with E-state index in [1.54, 1.807) is 37.6 Å². The average molecular weight is 311 g/mol. The van der Waals surface area contributed by atoms with Crippen molar-refractivity contribution in [2.75, 3.05) is 18.6 Å². The van der Waals surface area contributed by atoms with Crippen LogP contribution in [0.5, 0.6) is 5.75 Å². The number of pyridine rings is 1. The maximum Gasteiger partial charge on any atom is 0.251 e. The lowest BCUT2D eigenvalue weighted by Gasteiger charge is -2.17. The van der Waals surface area contributed by atoms with Crippen LogP contribution in [0.2, 0.25) is 0 Å². The third-order valence-corrected chi connectivity index (χ3v) is 3.73. The third kappa shape index (κ3) is 3.31. The van der Waals surface area contributed by atoms with E-state index in [0.717, 1.165) is 5.56 Å². The summed E-state index contributed by atoms with van der Waals surface area (Å²) in [6.07, 6.45) is 3.69. The van der Waals surface area contributed by atoms with Gasteiger partial charge >= 0.3 is 0 Å². The fourth-order valence-corrected chi connectivity index (χ4v) is 2.38. The maximum absolute atomic E-state index is 12.3. The number of aromatic nitrogens is 1. The Morgan fingerprint density at radius 1 is 1.30 bits per heavy atom. The first-order valence-corrected chi connectivity index (χ1v) is 7.35. The molecule has 0 saturated heterocycles. The van der Waals surface area contributed by atoms with Gasteiger partial charge in [-0.3, -0.25) is 14.6 Å². The summed E-state index contributed by atoms with van der Waals surface area (Å²) in [6, 6.07) is 8.80. The molecule has 0 spiro atoms. The van der Waals surface area contributed by atoms with Crippen LogP contribution in [0.4, 0.5) is 5.69 Å². The number of nitrogens with zero attached hydrogens (tertiary/aromatic N) is 2. The lowest BCUT2D eigenvalue weighted by Crippen LogP contribution is -2.26. The number of carbonyl (C=O) groups is 2. The van der Waals surface area contributed by atoms with Crippen molar-refractivity contribution in [3.05, 3.63) is 53.9 Å². The van der Waals surface area contributed by atoms with Gasteiger partial charge in [0.1, 0.15) is 5.75 Å². The normalized spacial score (nSPS) is 13.8. The molecule has 6 nitrogen and oxygen atoms in total. The minimum Gasteiger partial charge on any atom is -0.491 e. The van der Waals surface area contributed by atoms with Gasteiger partial charge < -0.3 is 15.0 Å². The second-order valence-electron chi connectivity index (χ2n) is 5.27. The van der Waals surface area contributed by atoms with Crippen LogP contribution in [0.3, 0.4) is 0 Å². The Morgan fingerprint density at radius 2 is 2.09 bits per heavy atom. The molecule has 0 bridgehead atoms. The fraction of sp³-hybridized carbons (Fsp3) is 0.235. The van der Waals surface area contributed by atoms with Gasteiger partial charge in [0.2, 0.25) is 5.91 Å². The number of anilines is 1. The summed E-state index contributed by atoms with van der Waals surface area (Å²) in [5.74, 6) is 0.386. The molecule has 0 unspecified atom stereocenters. The number of hydrogen-bond acceptors (Lipinski definition) is 4. The zero-order valence-electron chi connectivity index (χ0n) is 12.8. The number of ether oxygens (including phenoxy) is 1. The molecule has 23 heavy (non-hydrogen) atoms. The predicted octanol–water partition coefficient (Wildman–Crippen LogP) is 1.76. The number of carbonyl (C=O) groups excluding carboxylic acids is 2. The van der Waals surface area contributed by atoms with Crippen molar-refractivity contribution < 1.29 is 14.3 Å². The van der Waals surface area contributed by atoms with Crippen LogP contribution >= 0.6 is 0 Å². The van der Waals surface area contributed by atoms with E-state index in [1.165, 1.54) is 4.90 Å². The summed E-state index contributed by atoms with van der Waals surface area (Å²) in [6.45, 7) is 0.771. The van der Waals surface area contributed by atoms with Gasteiger partial charge in [-0.1, -0.05) is 0 Å². The predicted molar refractivity (Wildman–Crippen MR) is 85.4 cm³/mol. The Hall–Kier alpha value is -2.89. The molecule has 0 radical (unpaired) electrons. The van der Waals surface area contributed by atoms with Crippen LogP contribution in [-0.4, -0.2) is 30.5 Å². The van der Waals surface area contributed by atoms with Crippen LogP contribution in [0.1, 0.15) is 22.3 Å². The molecule has 2 heterocycles. The molecule has 0 aliphatic carbocycles. The van der Waals surface area contributed by atoms with Gasteiger partial charge in [-0.05, 0) is 35.9 Å². The standard InChI is InChI=1S/C17H17N3O3/c1-20-14-10-13(2-3-15(14)23-9-6-16(20)21)17(22)19-11-12-4-7-18-8-5-12/h2-5,7-8,10H,6,9,11H2,1H3,(H,19,22). The summed E-state index contributed by atoms with van der Waals surface area (Å²) in [4.78, 5) is 29.7. The largest absolute Gasteiger partial charge is 0.491 e. The van der Waals surface area contributed by atoms with Gasteiger partial charge in [0.25, 0.3) is 5.91 Å². The summed E-state index contributed by atoms with van der Waals surface area (Å²) in [5.41, 5.74) is 2.07. The van der Waals surface area contributed by atoms with Crippen LogP contribution in [0, 0.1) is 0 Å². The van der Waals surface area contributed by atoms with Crippen molar-refractivity contribution in [1.29, 1.82) is 0 Å². The van der Waals surface area contributed by atoms with Crippen LogP contribution < -0.4 is 15.0 Å². The lowest BCUT2D eigenvalue weighted by molar-refractivity contribution is -0.118. The average Bonchev–Trinajstić information content (AvgIpc) is 2.73. The number of benzene rings is 1. The second kappa shape index (κ2) is 6.48. The van der Waals surface area contributed by atoms with E-state index in [4.69, 9.17) is 4.74 Å². The van der Waals surface area contributed by atoms with Crippen molar-refractivity contribution in [3.63, 3.8) is 0 Å². The van der Waals surface area contributed by atoms with Gasteiger partial charge in [0, 0.05) is 31.5 Å². The summed E-state index contributed by atoms with van der Waals surface area (Å²) >= 11 is 0. The molecule has 6 heteroatoms. The molecule has 1 N–H and O–H groups in total. The molecule has 2 aromatic rings. The molecule has 118 valence electrons. The van der Waals surface area contributed by atoms with Gasteiger partial charge in [-0.2, -0.15) is 0 Å². The van der Waals surface area contributed by atoms with Gasteiger partial charge in [0.05, 0.1) is 18.7 Å². The van der Waals surface area contributed by atoms with Gasteiger partial charge in [0.15, 0.2) is 0 Å². The maximum atomic E-state index is 12.3. The molecule has 3 rings (SSSR count). The number of rotatable bonds is 3. The molecular weight excluding hydrogens is 294 g/mol. The number of nitrogens with one attached hydrogen (secondary N) is 1. The minimum absolute atomic E-state index is 0.0295. The molecule has 0 saturated carbocycles. The summed E-state index contributed by atoms with van der Waals surface area (Å²) < 4.78 is 5.55. The molecule has 2 amide bonds. The highest BCUT2D eigenvalue weighted by molar-refractivity contribution is 5.99. The van der Waals surface area contributed by atoms with E-state index in [2.05, 4.69) is 10.3 Å². The molecule has 1 aliphatic heterocycles. The van der Waals surface area contributed by atoms with Gasteiger partial charge in [-0.25, -0.2) is 0 Å². The monoisotopic (exact) mass is 311 g/mol. The molecule has 1 aromatic heterocycles. The van der Waals surface area contributed by atoms with Crippen molar-refractivity contribution in [1.82, 2.24) is 10.3 Å². The molecule has 1 aromatic carbocycles. The van der Waals surface area contributed by atoms with Gasteiger partial charge in [-0.15, -0.1) is 0 Å². The van der Waals surface area contributed by atoms with E-state index < -0.39 is 0 Å². The summed E-state index contributed by atoms with van der Waals surface area (Å²) in [5, 5.41) is 2.85. The Balaban J connectivity index is 1.77. The van der Waals surface area contributed by atoms with Crippen LogP contribution in [0.15, 0.2) is 42.7 Å². The van der Waals surface area contributed by atoms with E-state index >= 15 is 0 Å². The Morgan fingerprint density at radius 3 is 2.87 bits per heavy atom. The first kappa shape index (κ1) is 15.0. The molecular formula is C17H17N3O3. The molecule has 1 aliphatic rings. The zero-order chi connectivity index (χ0) is 16.2. The highest BCUT2D eigenvalue weighted by atomic mass is 16.5. The van der Waals surface area contributed by atoms with E-state index in [1.807, 2.05) is 12.1 Å². The van der Waals surface area contributed by atoms with Crippen molar-refractivity contribution >= 4 is 17.5 Å². The molecule has 0 atom stereocenters. The Labute approximate surface area is 134 Å². The number of hydrogen-bond donors (Lipinski definition) is 1. The first-order chi connectivity index (χ1) is 11.1. The number of fused-ring (bicyclic) bond motifs is 1. The van der Waals surface area contributed by atoms with E-state index in [9.17, 15) is 9.59 Å². The smallest absolute Gasteiger partial charge is 0.251 e. The minimum atomic E-state index is -0.199. The van der Waals surface area contributed by atoms with E-state index in [0.29, 0.717) is 36.6 Å². The SMILES string of the molecule is CN1C(=O)CCOc2ccc(C(=O)NCc3ccncc3)cc21. The highest BCUT2D eigenvalue weighted by Crippen LogP contribution is 2.31. The van der Waals surface area contributed by atoms with Crippen molar-refractivity contribution in [2.45, 2.75) is 13.0 Å². The lowest BCUT2D eigenvalue weighted by atomic mass is 10.1. The molecule has 0 fully saturated rings. The van der Waals surface area contributed by atoms with E-state index in [-0.39, 0.29) is 11.8 Å². The number of amides is 2. The van der Waals surface area contributed by atoms with Crippen molar-refractivity contribution in [3.8, 4) is 5.75 Å². The Bertz CT molecular complexity index is 731. The fourth-order valence-electron chi connectivity index (χ4n) is 2.38. The third-order valence-electron chi connectivity index (χ3n) is 3.73. The Kier molecular flexibility index (Phi) is 4.23. The quantitative estimate of drug-likeness (QED) is 0.937. The summed E-state index contributed by atoms with van der Waals surface area (Å²) in [7, 11) is 1.69. The van der Waals surface area contributed by atoms with Crippen molar-refractivity contribution in [2.24, 2.45) is 0 Å². The van der Waals surface area contributed by atoms with Crippen LogP contribution in [-0.2, 0) is 11.3 Å².